The SMILES string of the molecule is C=C(C)OC(=O)c1cccs1. The van der Waals surface area contributed by atoms with E-state index in [0.717, 1.165) is 0 Å². The summed E-state index contributed by atoms with van der Waals surface area (Å²) < 4.78 is 4.77. The molecule has 0 aliphatic heterocycles. The molecule has 1 aromatic rings. The predicted octanol–water partition coefficient (Wildman–Crippen LogP) is 2.44. The summed E-state index contributed by atoms with van der Waals surface area (Å²) in [7, 11) is 0. The van der Waals surface area contributed by atoms with Gasteiger partial charge in [0.05, 0.1) is 5.76 Å². The highest BCUT2D eigenvalue weighted by Crippen LogP contribution is 2.11. The van der Waals surface area contributed by atoms with Gasteiger partial charge < -0.3 is 4.74 Å². The van der Waals surface area contributed by atoms with Gasteiger partial charge in [-0.05, 0) is 18.4 Å². The lowest BCUT2D eigenvalue weighted by Crippen LogP contribution is -1.99. The molecule has 11 heavy (non-hydrogen) atoms. The zero-order valence-electron chi connectivity index (χ0n) is 6.16. The molecular formula is C8H8O2S. The minimum absolute atomic E-state index is 0.326. The Labute approximate surface area is 69.1 Å². The topological polar surface area (TPSA) is 26.3 Å². The first-order valence-corrected chi connectivity index (χ1v) is 3.99. The Balaban J connectivity index is 2.64. The highest BCUT2D eigenvalue weighted by molar-refractivity contribution is 7.11. The maximum Gasteiger partial charge on any atom is 0.353 e. The van der Waals surface area contributed by atoms with Crippen molar-refractivity contribution in [2.75, 3.05) is 0 Å². The van der Waals surface area contributed by atoms with Crippen LogP contribution in [0.25, 0.3) is 0 Å². The summed E-state index contributed by atoms with van der Waals surface area (Å²) >= 11 is 1.36. The summed E-state index contributed by atoms with van der Waals surface area (Å²) in [5.74, 6) is 0.0934. The number of rotatable bonds is 2. The van der Waals surface area contributed by atoms with Crippen LogP contribution in [-0.2, 0) is 4.74 Å². The molecule has 1 heterocycles. The lowest BCUT2D eigenvalue weighted by Gasteiger charge is -1.98. The fourth-order valence-corrected chi connectivity index (χ4v) is 1.20. The van der Waals surface area contributed by atoms with E-state index in [1.807, 2.05) is 5.38 Å². The van der Waals surface area contributed by atoms with Gasteiger partial charge in [0.15, 0.2) is 0 Å². The van der Waals surface area contributed by atoms with Crippen molar-refractivity contribution in [1.29, 1.82) is 0 Å². The van der Waals surface area contributed by atoms with E-state index in [1.54, 1.807) is 19.1 Å². The van der Waals surface area contributed by atoms with E-state index >= 15 is 0 Å². The van der Waals surface area contributed by atoms with Crippen LogP contribution < -0.4 is 0 Å². The molecule has 0 bridgehead atoms. The Morgan fingerprint density at radius 1 is 1.73 bits per heavy atom. The number of esters is 1. The van der Waals surface area contributed by atoms with Crippen LogP contribution >= 0.6 is 11.3 Å². The first-order chi connectivity index (χ1) is 5.20. The quantitative estimate of drug-likeness (QED) is 0.500. The van der Waals surface area contributed by atoms with Crippen LogP contribution in [0.3, 0.4) is 0 Å². The number of thiophene rings is 1. The maximum atomic E-state index is 11.0. The lowest BCUT2D eigenvalue weighted by molar-refractivity contribution is 0.0633. The number of hydrogen-bond donors (Lipinski definition) is 0. The van der Waals surface area contributed by atoms with Gasteiger partial charge in [0.2, 0.25) is 0 Å². The maximum absolute atomic E-state index is 11.0. The molecule has 0 atom stereocenters. The smallest absolute Gasteiger partial charge is 0.353 e. The fraction of sp³-hybridized carbons (Fsp3) is 0.125. The van der Waals surface area contributed by atoms with Gasteiger partial charge in [0, 0.05) is 0 Å². The van der Waals surface area contributed by atoms with E-state index in [2.05, 4.69) is 6.58 Å². The Bertz CT molecular complexity index is 262. The second kappa shape index (κ2) is 3.34. The third kappa shape index (κ3) is 2.20. The molecule has 0 saturated heterocycles. The van der Waals surface area contributed by atoms with Crippen molar-refractivity contribution in [3.05, 3.63) is 34.7 Å². The normalized spacial score (nSPS) is 9.18. The number of carbonyl (C=O) groups excluding carboxylic acids is 1. The molecule has 0 saturated carbocycles. The first kappa shape index (κ1) is 8.01. The average molecular weight is 168 g/mol. The van der Waals surface area contributed by atoms with Crippen molar-refractivity contribution < 1.29 is 9.53 Å². The summed E-state index contributed by atoms with van der Waals surface area (Å²) in [5, 5.41) is 1.83. The van der Waals surface area contributed by atoms with Crippen LogP contribution in [0.1, 0.15) is 16.6 Å². The molecular weight excluding hydrogens is 160 g/mol. The zero-order valence-corrected chi connectivity index (χ0v) is 6.98. The van der Waals surface area contributed by atoms with E-state index in [-0.39, 0.29) is 5.97 Å². The molecule has 2 nitrogen and oxygen atoms in total. The van der Waals surface area contributed by atoms with E-state index in [9.17, 15) is 4.79 Å². The standard InChI is InChI=1S/C8H8O2S/c1-6(2)10-8(9)7-4-3-5-11-7/h3-5H,1H2,2H3. The van der Waals surface area contributed by atoms with Crippen LogP contribution in [-0.4, -0.2) is 5.97 Å². The first-order valence-electron chi connectivity index (χ1n) is 3.11. The summed E-state index contributed by atoms with van der Waals surface area (Å²) in [6.45, 7) is 5.11. The largest absolute Gasteiger partial charge is 0.428 e. The van der Waals surface area contributed by atoms with Gasteiger partial charge >= 0.3 is 5.97 Å². The van der Waals surface area contributed by atoms with Gasteiger partial charge in [-0.2, -0.15) is 0 Å². The molecule has 0 amide bonds. The van der Waals surface area contributed by atoms with Crippen LogP contribution in [0.15, 0.2) is 29.9 Å². The third-order valence-electron chi connectivity index (χ3n) is 0.989. The monoisotopic (exact) mass is 168 g/mol. The number of ether oxygens (including phenoxy) is 1. The Morgan fingerprint density at radius 2 is 2.45 bits per heavy atom. The Morgan fingerprint density at radius 3 is 2.91 bits per heavy atom. The van der Waals surface area contributed by atoms with Gasteiger partial charge in [0.25, 0.3) is 0 Å². The highest BCUT2D eigenvalue weighted by atomic mass is 32.1. The number of allylic oxidation sites excluding steroid dienone is 1. The number of carbonyl (C=O) groups is 1. The van der Waals surface area contributed by atoms with E-state index in [4.69, 9.17) is 4.74 Å². The fourth-order valence-electron chi connectivity index (χ4n) is 0.603. The Kier molecular flexibility index (Phi) is 2.44. The second-order valence-electron chi connectivity index (χ2n) is 2.07. The average Bonchev–Trinajstić information content (AvgIpc) is 2.35. The summed E-state index contributed by atoms with van der Waals surface area (Å²) in [6, 6.07) is 3.52. The molecule has 0 aliphatic rings. The van der Waals surface area contributed by atoms with E-state index in [1.165, 1.54) is 11.3 Å². The molecule has 0 fully saturated rings. The van der Waals surface area contributed by atoms with Crippen molar-refractivity contribution in [3.63, 3.8) is 0 Å². The zero-order chi connectivity index (χ0) is 8.27. The molecule has 0 unspecified atom stereocenters. The molecule has 58 valence electrons. The van der Waals surface area contributed by atoms with Gasteiger partial charge in [-0.15, -0.1) is 11.3 Å². The molecule has 0 aliphatic carbocycles. The van der Waals surface area contributed by atoms with Gasteiger partial charge in [-0.3, -0.25) is 0 Å². The predicted molar refractivity (Wildman–Crippen MR) is 44.5 cm³/mol. The molecule has 3 heteroatoms. The highest BCUT2D eigenvalue weighted by Gasteiger charge is 2.06. The molecule has 0 aromatic carbocycles. The molecule has 0 spiro atoms. The second-order valence-corrected chi connectivity index (χ2v) is 3.02. The van der Waals surface area contributed by atoms with Crippen molar-refractivity contribution in [2.45, 2.75) is 6.92 Å². The molecule has 0 N–H and O–H groups in total. The van der Waals surface area contributed by atoms with Crippen LogP contribution in [0.4, 0.5) is 0 Å². The van der Waals surface area contributed by atoms with Crippen LogP contribution in [0.2, 0.25) is 0 Å². The molecule has 1 aromatic heterocycles. The van der Waals surface area contributed by atoms with Gasteiger partial charge in [-0.1, -0.05) is 12.6 Å². The van der Waals surface area contributed by atoms with E-state index in [0.29, 0.717) is 10.6 Å². The van der Waals surface area contributed by atoms with Crippen molar-refractivity contribution in [2.24, 2.45) is 0 Å². The van der Waals surface area contributed by atoms with Gasteiger partial charge in [-0.25, -0.2) is 4.79 Å². The van der Waals surface area contributed by atoms with Gasteiger partial charge in [0.1, 0.15) is 4.88 Å². The van der Waals surface area contributed by atoms with Crippen molar-refractivity contribution in [1.82, 2.24) is 0 Å². The minimum atomic E-state index is -0.326. The van der Waals surface area contributed by atoms with Crippen LogP contribution in [0.5, 0.6) is 0 Å². The summed E-state index contributed by atoms with van der Waals surface area (Å²) in [5.41, 5.74) is 0. The van der Waals surface area contributed by atoms with Crippen LogP contribution in [0, 0.1) is 0 Å². The number of hydrogen-bond acceptors (Lipinski definition) is 3. The summed E-state index contributed by atoms with van der Waals surface area (Å²) in [6.07, 6.45) is 0. The lowest BCUT2D eigenvalue weighted by atomic mass is 10.5. The van der Waals surface area contributed by atoms with Crippen molar-refractivity contribution >= 4 is 17.3 Å². The molecule has 0 radical (unpaired) electrons. The summed E-state index contributed by atoms with van der Waals surface area (Å²) in [4.78, 5) is 11.6. The Hall–Kier alpha value is -1.09. The van der Waals surface area contributed by atoms with Crippen molar-refractivity contribution in [3.8, 4) is 0 Å². The van der Waals surface area contributed by atoms with E-state index < -0.39 is 0 Å². The molecule has 1 rings (SSSR count). The minimum Gasteiger partial charge on any atom is -0.428 e. The third-order valence-corrected chi connectivity index (χ3v) is 1.84.